The SMILES string of the molecule is Clc1cc(Cl)cc(CNC23CC4CC(CC(C4)C2)C3)c1. The normalized spacial score (nSPS) is 38.4. The van der Waals surface area contributed by atoms with Crippen molar-refractivity contribution in [3.8, 4) is 0 Å². The summed E-state index contributed by atoms with van der Waals surface area (Å²) >= 11 is 12.2. The molecule has 3 heteroatoms. The molecule has 4 saturated carbocycles. The molecule has 108 valence electrons. The van der Waals surface area contributed by atoms with E-state index in [0.717, 1.165) is 34.3 Å². The van der Waals surface area contributed by atoms with Crippen LogP contribution < -0.4 is 5.32 Å². The molecule has 20 heavy (non-hydrogen) atoms. The number of nitrogens with one attached hydrogen (secondary N) is 1. The van der Waals surface area contributed by atoms with E-state index in [1.807, 2.05) is 12.1 Å². The average Bonchev–Trinajstić information content (AvgIpc) is 2.34. The van der Waals surface area contributed by atoms with Crippen molar-refractivity contribution < 1.29 is 0 Å². The van der Waals surface area contributed by atoms with Crippen molar-refractivity contribution in [1.82, 2.24) is 5.32 Å². The summed E-state index contributed by atoms with van der Waals surface area (Å²) in [6.45, 7) is 0.895. The molecule has 0 saturated heterocycles. The number of hydrogen-bond donors (Lipinski definition) is 1. The third-order valence-corrected chi connectivity index (χ3v) is 6.06. The number of halogens is 2. The minimum Gasteiger partial charge on any atom is -0.307 e. The summed E-state index contributed by atoms with van der Waals surface area (Å²) in [5.74, 6) is 2.95. The molecule has 0 heterocycles. The Labute approximate surface area is 131 Å². The van der Waals surface area contributed by atoms with E-state index in [2.05, 4.69) is 5.32 Å². The Bertz CT molecular complexity index is 470. The van der Waals surface area contributed by atoms with E-state index in [0.29, 0.717) is 5.54 Å². The minimum atomic E-state index is 0.406. The van der Waals surface area contributed by atoms with Crippen LogP contribution in [0.4, 0.5) is 0 Å². The molecule has 4 bridgehead atoms. The van der Waals surface area contributed by atoms with Crippen LogP contribution in [0.2, 0.25) is 10.0 Å². The summed E-state index contributed by atoms with van der Waals surface area (Å²) in [6, 6.07) is 5.86. The molecule has 4 aliphatic carbocycles. The highest BCUT2D eigenvalue weighted by atomic mass is 35.5. The van der Waals surface area contributed by atoms with Gasteiger partial charge in [-0.2, -0.15) is 0 Å². The van der Waals surface area contributed by atoms with Gasteiger partial charge in [-0.1, -0.05) is 23.2 Å². The lowest BCUT2D eigenvalue weighted by Crippen LogP contribution is -2.58. The van der Waals surface area contributed by atoms with Crippen LogP contribution in [-0.4, -0.2) is 5.54 Å². The molecule has 5 rings (SSSR count). The van der Waals surface area contributed by atoms with Gasteiger partial charge in [-0.05, 0) is 80.0 Å². The van der Waals surface area contributed by atoms with Crippen LogP contribution >= 0.6 is 23.2 Å². The molecule has 1 aromatic rings. The first kappa shape index (κ1) is 13.4. The van der Waals surface area contributed by atoms with Crippen LogP contribution in [0.5, 0.6) is 0 Å². The molecule has 0 radical (unpaired) electrons. The Hall–Kier alpha value is -0.240. The van der Waals surface area contributed by atoms with E-state index >= 15 is 0 Å². The van der Waals surface area contributed by atoms with Gasteiger partial charge in [0.05, 0.1) is 0 Å². The van der Waals surface area contributed by atoms with Gasteiger partial charge in [-0.15, -0.1) is 0 Å². The predicted octanol–water partition coefficient (Wildman–Crippen LogP) is 5.05. The number of hydrogen-bond acceptors (Lipinski definition) is 1. The molecule has 0 spiro atoms. The molecule has 4 aliphatic rings. The van der Waals surface area contributed by atoms with Gasteiger partial charge in [0.2, 0.25) is 0 Å². The summed E-state index contributed by atoms with van der Waals surface area (Å²) in [4.78, 5) is 0. The molecular formula is C17H21Cl2N. The predicted molar refractivity (Wildman–Crippen MR) is 84.2 cm³/mol. The van der Waals surface area contributed by atoms with Crippen LogP contribution in [0.15, 0.2) is 18.2 Å². The van der Waals surface area contributed by atoms with Gasteiger partial charge in [0.1, 0.15) is 0 Å². The van der Waals surface area contributed by atoms with Gasteiger partial charge >= 0.3 is 0 Å². The van der Waals surface area contributed by atoms with Crippen LogP contribution in [0.25, 0.3) is 0 Å². The van der Waals surface area contributed by atoms with Crippen molar-refractivity contribution in [2.75, 3.05) is 0 Å². The highest BCUT2D eigenvalue weighted by molar-refractivity contribution is 6.34. The van der Waals surface area contributed by atoms with E-state index in [9.17, 15) is 0 Å². The quantitative estimate of drug-likeness (QED) is 0.823. The standard InChI is InChI=1S/C17H21Cl2N/c18-15-4-14(5-16(19)6-15)10-20-17-7-11-1-12(8-17)3-13(2-11)9-17/h4-6,11-13,20H,1-3,7-10H2. The van der Waals surface area contributed by atoms with Crippen molar-refractivity contribution in [2.45, 2.75) is 50.6 Å². The van der Waals surface area contributed by atoms with E-state index in [1.54, 1.807) is 6.07 Å². The highest BCUT2D eigenvalue weighted by Crippen LogP contribution is 2.55. The second-order valence-electron chi connectivity index (χ2n) is 7.33. The molecule has 0 aromatic heterocycles. The number of rotatable bonds is 3. The van der Waals surface area contributed by atoms with Crippen molar-refractivity contribution >= 4 is 23.2 Å². The molecule has 1 N–H and O–H groups in total. The Morgan fingerprint density at radius 3 is 1.90 bits per heavy atom. The summed E-state index contributed by atoms with van der Waals surface area (Å²) < 4.78 is 0. The fourth-order valence-corrected chi connectivity index (χ4v) is 5.90. The zero-order valence-electron chi connectivity index (χ0n) is 11.7. The van der Waals surface area contributed by atoms with Gasteiger partial charge in [-0.3, -0.25) is 0 Å². The molecule has 0 amide bonds. The Morgan fingerprint density at radius 1 is 0.900 bits per heavy atom. The zero-order chi connectivity index (χ0) is 13.7. The monoisotopic (exact) mass is 309 g/mol. The Morgan fingerprint density at radius 2 is 1.40 bits per heavy atom. The topological polar surface area (TPSA) is 12.0 Å². The zero-order valence-corrected chi connectivity index (χ0v) is 13.2. The van der Waals surface area contributed by atoms with Crippen LogP contribution in [0.3, 0.4) is 0 Å². The van der Waals surface area contributed by atoms with Gasteiger partial charge in [-0.25, -0.2) is 0 Å². The molecule has 4 fully saturated rings. The van der Waals surface area contributed by atoms with E-state index in [-0.39, 0.29) is 0 Å². The minimum absolute atomic E-state index is 0.406. The summed E-state index contributed by atoms with van der Waals surface area (Å²) in [6.07, 6.45) is 8.62. The van der Waals surface area contributed by atoms with Crippen molar-refractivity contribution in [1.29, 1.82) is 0 Å². The van der Waals surface area contributed by atoms with Crippen molar-refractivity contribution in [2.24, 2.45) is 17.8 Å². The van der Waals surface area contributed by atoms with Crippen molar-refractivity contribution in [3.05, 3.63) is 33.8 Å². The summed E-state index contributed by atoms with van der Waals surface area (Å²) in [5.41, 5.74) is 1.61. The second-order valence-corrected chi connectivity index (χ2v) is 8.20. The largest absolute Gasteiger partial charge is 0.307 e. The second kappa shape index (κ2) is 4.90. The molecule has 0 unspecified atom stereocenters. The van der Waals surface area contributed by atoms with Crippen LogP contribution in [-0.2, 0) is 6.54 Å². The Balaban J connectivity index is 1.49. The smallest absolute Gasteiger partial charge is 0.0424 e. The lowest BCUT2D eigenvalue weighted by atomic mass is 9.53. The average molecular weight is 310 g/mol. The van der Waals surface area contributed by atoms with E-state index in [4.69, 9.17) is 23.2 Å². The van der Waals surface area contributed by atoms with Crippen LogP contribution in [0.1, 0.15) is 44.1 Å². The third kappa shape index (κ3) is 2.49. The van der Waals surface area contributed by atoms with Gasteiger partial charge < -0.3 is 5.32 Å². The lowest BCUT2D eigenvalue weighted by molar-refractivity contribution is -0.0206. The first-order valence-corrected chi connectivity index (χ1v) is 8.56. The summed E-state index contributed by atoms with van der Waals surface area (Å²) in [7, 11) is 0. The first-order chi connectivity index (χ1) is 9.60. The van der Waals surface area contributed by atoms with Gasteiger partial charge in [0.15, 0.2) is 0 Å². The maximum Gasteiger partial charge on any atom is 0.0424 e. The third-order valence-electron chi connectivity index (χ3n) is 5.63. The molecular weight excluding hydrogens is 289 g/mol. The van der Waals surface area contributed by atoms with E-state index in [1.165, 1.54) is 44.1 Å². The maximum absolute atomic E-state index is 6.09. The lowest BCUT2D eigenvalue weighted by Gasteiger charge is -2.57. The first-order valence-electron chi connectivity index (χ1n) is 7.80. The van der Waals surface area contributed by atoms with Gasteiger partial charge in [0.25, 0.3) is 0 Å². The maximum atomic E-state index is 6.09. The molecule has 0 atom stereocenters. The molecule has 1 aromatic carbocycles. The van der Waals surface area contributed by atoms with Gasteiger partial charge in [0, 0.05) is 22.1 Å². The fraction of sp³-hybridized carbons (Fsp3) is 0.647. The Kier molecular flexibility index (Phi) is 3.29. The van der Waals surface area contributed by atoms with E-state index < -0.39 is 0 Å². The molecule has 1 nitrogen and oxygen atoms in total. The van der Waals surface area contributed by atoms with Crippen LogP contribution in [0, 0.1) is 17.8 Å². The molecule has 0 aliphatic heterocycles. The fourth-order valence-electron chi connectivity index (χ4n) is 5.33. The number of benzene rings is 1. The summed E-state index contributed by atoms with van der Waals surface area (Å²) in [5, 5.41) is 5.35. The highest BCUT2D eigenvalue weighted by Gasteiger charge is 2.50. The van der Waals surface area contributed by atoms with Crippen molar-refractivity contribution in [3.63, 3.8) is 0 Å².